The Kier molecular flexibility index (Phi) is 3.52. The van der Waals surface area contributed by atoms with Crippen molar-refractivity contribution in [2.75, 3.05) is 18.4 Å². The molecule has 1 aliphatic rings. The van der Waals surface area contributed by atoms with Crippen LogP contribution in [0.25, 0.3) is 0 Å². The van der Waals surface area contributed by atoms with Gasteiger partial charge < -0.3 is 10.6 Å². The molecule has 0 aromatic carbocycles. The molecule has 2 N–H and O–H groups in total. The summed E-state index contributed by atoms with van der Waals surface area (Å²) in [4.78, 5) is 4.46. The van der Waals surface area contributed by atoms with Crippen molar-refractivity contribution in [2.24, 2.45) is 5.92 Å². The van der Waals surface area contributed by atoms with Crippen molar-refractivity contribution >= 4 is 17.2 Å². The lowest BCUT2D eigenvalue weighted by Gasteiger charge is -2.25. The first-order chi connectivity index (χ1) is 9.20. The Hall–Kier alpha value is -1.40. The summed E-state index contributed by atoms with van der Waals surface area (Å²) in [6, 6.07) is 2.10. The van der Waals surface area contributed by atoms with Gasteiger partial charge in [-0.25, -0.2) is 9.67 Å². The molecule has 6 heteroatoms. The molecule has 3 rings (SSSR count). The molecule has 2 aromatic heterocycles. The fourth-order valence-electron chi connectivity index (χ4n) is 2.42. The molecule has 0 saturated heterocycles. The molecule has 19 heavy (non-hydrogen) atoms. The number of nitrogens with zero attached hydrogens (tertiary/aromatic N) is 3. The van der Waals surface area contributed by atoms with Crippen LogP contribution in [0.2, 0.25) is 0 Å². The molecule has 3 heterocycles. The maximum absolute atomic E-state index is 4.49. The Morgan fingerprint density at radius 2 is 2.42 bits per heavy atom. The number of hydrogen-bond donors (Lipinski definition) is 2. The number of anilines is 1. The van der Waals surface area contributed by atoms with Crippen molar-refractivity contribution in [1.82, 2.24) is 20.1 Å². The average molecular weight is 277 g/mol. The first-order valence-corrected chi connectivity index (χ1v) is 7.49. The number of nitrogens with one attached hydrogen (secondary N) is 2. The molecule has 5 nitrogen and oxygen atoms in total. The Bertz CT molecular complexity index is 559. The lowest BCUT2D eigenvalue weighted by atomic mass is 10.1. The first kappa shape index (κ1) is 12.6. The highest BCUT2D eigenvalue weighted by Crippen LogP contribution is 2.18. The molecule has 102 valence electrons. The van der Waals surface area contributed by atoms with Gasteiger partial charge in [-0.3, -0.25) is 0 Å². The molecule has 0 fully saturated rings. The van der Waals surface area contributed by atoms with Crippen molar-refractivity contribution in [3.63, 3.8) is 0 Å². The van der Waals surface area contributed by atoms with E-state index >= 15 is 0 Å². The zero-order valence-corrected chi connectivity index (χ0v) is 12.1. The third kappa shape index (κ3) is 2.96. The van der Waals surface area contributed by atoms with E-state index in [1.165, 1.54) is 0 Å². The van der Waals surface area contributed by atoms with Crippen LogP contribution in [0.3, 0.4) is 0 Å². The molecular formula is C13H19N5S. The lowest BCUT2D eigenvalue weighted by molar-refractivity contribution is 0.390. The summed E-state index contributed by atoms with van der Waals surface area (Å²) in [6.45, 7) is 7.91. The van der Waals surface area contributed by atoms with Crippen LogP contribution in [0.5, 0.6) is 0 Å². The lowest BCUT2D eigenvalue weighted by Crippen LogP contribution is -2.35. The van der Waals surface area contributed by atoms with Crippen LogP contribution >= 0.6 is 11.3 Å². The van der Waals surface area contributed by atoms with Crippen LogP contribution in [0.1, 0.15) is 16.4 Å². The minimum Gasteiger partial charge on any atom is -0.370 e. The molecular weight excluding hydrogens is 258 g/mol. The number of aromatic nitrogens is 3. The summed E-state index contributed by atoms with van der Waals surface area (Å²) in [6.07, 6.45) is 0. The van der Waals surface area contributed by atoms with Crippen LogP contribution < -0.4 is 10.6 Å². The van der Waals surface area contributed by atoms with Crippen molar-refractivity contribution in [2.45, 2.75) is 26.9 Å². The van der Waals surface area contributed by atoms with Crippen LogP contribution in [0, 0.1) is 19.8 Å². The zero-order valence-electron chi connectivity index (χ0n) is 11.3. The second-order valence-electron chi connectivity index (χ2n) is 5.09. The van der Waals surface area contributed by atoms with Crippen LogP contribution in [-0.2, 0) is 13.1 Å². The molecule has 0 bridgehead atoms. The third-order valence-corrected chi connectivity index (χ3v) is 4.13. The number of rotatable bonds is 4. The summed E-state index contributed by atoms with van der Waals surface area (Å²) >= 11 is 1.71. The fraction of sp³-hybridized carbons (Fsp3) is 0.538. The quantitative estimate of drug-likeness (QED) is 0.894. The van der Waals surface area contributed by atoms with Gasteiger partial charge in [0.15, 0.2) is 0 Å². The third-order valence-electron chi connectivity index (χ3n) is 3.31. The van der Waals surface area contributed by atoms with Crippen LogP contribution in [-0.4, -0.2) is 27.9 Å². The van der Waals surface area contributed by atoms with Gasteiger partial charge in [0.1, 0.15) is 5.82 Å². The minimum absolute atomic E-state index is 0.575. The van der Waals surface area contributed by atoms with Crippen LogP contribution in [0.4, 0.5) is 5.82 Å². The standard InChI is InChI=1S/C13H19N5S/c1-9-3-13-15-5-11(7-18(13)17-9)4-14-6-12-8-19-10(2)16-12/h3,8,11,14-15H,4-7H2,1-2H3/t11-/m0/s1. The summed E-state index contributed by atoms with van der Waals surface area (Å²) in [5.74, 6) is 1.72. The number of hydrogen-bond acceptors (Lipinski definition) is 5. The molecule has 2 aromatic rings. The maximum atomic E-state index is 4.49. The normalized spacial score (nSPS) is 18.1. The van der Waals surface area contributed by atoms with Crippen molar-refractivity contribution < 1.29 is 0 Å². The predicted octanol–water partition coefficient (Wildman–Crippen LogP) is 1.79. The van der Waals surface area contributed by atoms with Gasteiger partial charge in [0.2, 0.25) is 0 Å². The highest BCUT2D eigenvalue weighted by atomic mass is 32.1. The van der Waals surface area contributed by atoms with Crippen molar-refractivity contribution in [3.8, 4) is 0 Å². The van der Waals surface area contributed by atoms with Gasteiger partial charge >= 0.3 is 0 Å². The Morgan fingerprint density at radius 1 is 1.53 bits per heavy atom. The molecule has 1 atom stereocenters. The van der Waals surface area contributed by atoms with Gasteiger partial charge in [-0.15, -0.1) is 11.3 Å². The van der Waals surface area contributed by atoms with Gasteiger partial charge in [-0.2, -0.15) is 5.10 Å². The Morgan fingerprint density at radius 3 is 3.21 bits per heavy atom. The minimum atomic E-state index is 0.575. The highest BCUT2D eigenvalue weighted by Gasteiger charge is 2.18. The molecule has 1 aliphatic heterocycles. The van der Waals surface area contributed by atoms with Gasteiger partial charge in [0, 0.05) is 43.5 Å². The number of aryl methyl sites for hydroxylation is 2. The second kappa shape index (κ2) is 5.30. The average Bonchev–Trinajstić information content (AvgIpc) is 2.94. The number of thiazole rings is 1. The van der Waals surface area contributed by atoms with E-state index < -0.39 is 0 Å². The van der Waals surface area contributed by atoms with E-state index in [1.54, 1.807) is 11.3 Å². The topological polar surface area (TPSA) is 54.8 Å². The van der Waals surface area contributed by atoms with E-state index in [4.69, 9.17) is 0 Å². The van der Waals surface area contributed by atoms with E-state index in [0.717, 1.165) is 48.4 Å². The number of fused-ring (bicyclic) bond motifs is 1. The van der Waals surface area contributed by atoms with Crippen molar-refractivity contribution in [1.29, 1.82) is 0 Å². The monoisotopic (exact) mass is 277 g/mol. The summed E-state index contributed by atoms with van der Waals surface area (Å²) in [5, 5.41) is 14.7. The van der Waals surface area contributed by atoms with E-state index in [0.29, 0.717) is 5.92 Å². The predicted molar refractivity (Wildman–Crippen MR) is 77.5 cm³/mol. The molecule has 0 spiro atoms. The Balaban J connectivity index is 1.49. The summed E-state index contributed by atoms with van der Waals surface area (Å²) < 4.78 is 2.07. The molecule has 0 radical (unpaired) electrons. The summed E-state index contributed by atoms with van der Waals surface area (Å²) in [7, 11) is 0. The largest absolute Gasteiger partial charge is 0.370 e. The van der Waals surface area contributed by atoms with Crippen LogP contribution in [0.15, 0.2) is 11.4 Å². The molecule has 0 amide bonds. The molecule has 0 saturated carbocycles. The van der Waals surface area contributed by atoms with Gasteiger partial charge in [0.05, 0.1) is 16.4 Å². The van der Waals surface area contributed by atoms with E-state index in [1.807, 2.05) is 13.8 Å². The highest BCUT2D eigenvalue weighted by molar-refractivity contribution is 7.09. The van der Waals surface area contributed by atoms with Crippen molar-refractivity contribution in [3.05, 3.63) is 27.8 Å². The Labute approximate surface area is 117 Å². The SMILES string of the molecule is Cc1cc2n(n1)C[C@@H](CNCc1csc(C)n1)CN2. The molecule has 0 unspecified atom stereocenters. The van der Waals surface area contributed by atoms with E-state index in [-0.39, 0.29) is 0 Å². The van der Waals surface area contributed by atoms with E-state index in [2.05, 4.69) is 36.8 Å². The maximum Gasteiger partial charge on any atom is 0.124 e. The molecule has 0 aliphatic carbocycles. The summed E-state index contributed by atoms with van der Waals surface area (Å²) in [5.41, 5.74) is 2.22. The fourth-order valence-corrected chi connectivity index (χ4v) is 3.03. The van der Waals surface area contributed by atoms with Gasteiger partial charge in [-0.1, -0.05) is 0 Å². The van der Waals surface area contributed by atoms with Gasteiger partial charge in [0.25, 0.3) is 0 Å². The zero-order chi connectivity index (χ0) is 13.2. The first-order valence-electron chi connectivity index (χ1n) is 6.61. The smallest absolute Gasteiger partial charge is 0.124 e. The van der Waals surface area contributed by atoms with E-state index in [9.17, 15) is 0 Å². The van der Waals surface area contributed by atoms with Gasteiger partial charge in [-0.05, 0) is 13.8 Å². The second-order valence-corrected chi connectivity index (χ2v) is 6.15.